The summed E-state index contributed by atoms with van der Waals surface area (Å²) < 4.78 is 0. The molecule has 3 aromatic rings. The summed E-state index contributed by atoms with van der Waals surface area (Å²) in [7, 11) is 0. The minimum absolute atomic E-state index is 0.149. The number of hydrogen-bond acceptors (Lipinski definition) is 4. The van der Waals surface area contributed by atoms with E-state index in [1.54, 1.807) is 6.07 Å². The van der Waals surface area contributed by atoms with Crippen LogP contribution in [0.4, 0.5) is 11.5 Å². The SMILES string of the molecule is CCc1ccccc1Nc1cc(C(=O)NC2CC2)nc(-c2ccccc2)n1. The van der Waals surface area contributed by atoms with Crippen LogP contribution in [0, 0.1) is 0 Å². The molecule has 1 saturated carbocycles. The van der Waals surface area contributed by atoms with Crippen LogP contribution in [0.5, 0.6) is 0 Å². The van der Waals surface area contributed by atoms with E-state index in [1.807, 2.05) is 48.5 Å². The van der Waals surface area contributed by atoms with Crippen LogP contribution < -0.4 is 10.6 Å². The number of nitrogens with one attached hydrogen (secondary N) is 2. The number of rotatable bonds is 6. The maximum absolute atomic E-state index is 12.6. The van der Waals surface area contributed by atoms with Gasteiger partial charge >= 0.3 is 0 Å². The van der Waals surface area contributed by atoms with Gasteiger partial charge in [0.2, 0.25) is 0 Å². The van der Waals surface area contributed by atoms with Crippen molar-refractivity contribution in [3.05, 3.63) is 71.9 Å². The Hall–Kier alpha value is -3.21. The molecule has 136 valence electrons. The number of para-hydroxylation sites is 1. The fourth-order valence-electron chi connectivity index (χ4n) is 2.92. The van der Waals surface area contributed by atoms with Gasteiger partial charge in [0, 0.05) is 23.4 Å². The third-order valence-corrected chi connectivity index (χ3v) is 4.56. The van der Waals surface area contributed by atoms with Crippen LogP contribution in [0.1, 0.15) is 35.8 Å². The monoisotopic (exact) mass is 358 g/mol. The van der Waals surface area contributed by atoms with Crippen LogP contribution in [-0.4, -0.2) is 21.9 Å². The van der Waals surface area contributed by atoms with Crippen molar-refractivity contribution >= 4 is 17.4 Å². The number of carbonyl (C=O) groups is 1. The number of aromatic nitrogens is 2. The lowest BCUT2D eigenvalue weighted by atomic mass is 10.1. The van der Waals surface area contributed by atoms with E-state index in [0.717, 1.165) is 30.5 Å². The predicted octanol–water partition coefficient (Wildman–Crippen LogP) is 4.34. The zero-order valence-electron chi connectivity index (χ0n) is 15.3. The Labute approximate surface area is 158 Å². The van der Waals surface area contributed by atoms with Crippen molar-refractivity contribution in [3.8, 4) is 11.4 Å². The molecular formula is C22H22N4O. The predicted molar refractivity (Wildman–Crippen MR) is 107 cm³/mol. The molecule has 1 aliphatic carbocycles. The summed E-state index contributed by atoms with van der Waals surface area (Å²) in [6.45, 7) is 2.12. The molecule has 1 aromatic heterocycles. The summed E-state index contributed by atoms with van der Waals surface area (Å²) >= 11 is 0. The summed E-state index contributed by atoms with van der Waals surface area (Å²) in [5, 5.41) is 6.37. The number of hydrogen-bond donors (Lipinski definition) is 2. The largest absolute Gasteiger partial charge is 0.348 e. The van der Waals surface area contributed by atoms with Gasteiger partial charge in [0.15, 0.2) is 5.82 Å². The Morgan fingerprint density at radius 2 is 1.78 bits per heavy atom. The van der Waals surface area contributed by atoms with Crippen LogP contribution in [-0.2, 0) is 6.42 Å². The molecular weight excluding hydrogens is 336 g/mol. The van der Waals surface area contributed by atoms with E-state index < -0.39 is 0 Å². The molecule has 0 bridgehead atoms. The summed E-state index contributed by atoms with van der Waals surface area (Å²) in [5.41, 5.74) is 3.45. The third-order valence-electron chi connectivity index (χ3n) is 4.56. The number of carbonyl (C=O) groups excluding carboxylic acids is 1. The fraction of sp³-hybridized carbons (Fsp3) is 0.227. The highest BCUT2D eigenvalue weighted by molar-refractivity contribution is 5.94. The van der Waals surface area contributed by atoms with Gasteiger partial charge < -0.3 is 10.6 Å². The second-order valence-electron chi connectivity index (χ2n) is 6.71. The lowest BCUT2D eigenvalue weighted by Crippen LogP contribution is -2.26. The molecule has 2 aromatic carbocycles. The first-order valence-electron chi connectivity index (χ1n) is 9.33. The molecule has 2 N–H and O–H groups in total. The first-order valence-corrected chi connectivity index (χ1v) is 9.33. The molecule has 0 atom stereocenters. The molecule has 1 aliphatic rings. The molecule has 5 heteroatoms. The van der Waals surface area contributed by atoms with Gasteiger partial charge in [-0.25, -0.2) is 9.97 Å². The van der Waals surface area contributed by atoms with Gasteiger partial charge in [0.1, 0.15) is 11.5 Å². The van der Waals surface area contributed by atoms with Crippen molar-refractivity contribution in [1.29, 1.82) is 0 Å². The molecule has 0 unspecified atom stereocenters. The molecule has 0 spiro atoms. The highest BCUT2D eigenvalue weighted by atomic mass is 16.2. The minimum atomic E-state index is -0.149. The van der Waals surface area contributed by atoms with Gasteiger partial charge in [-0.15, -0.1) is 0 Å². The fourth-order valence-corrected chi connectivity index (χ4v) is 2.92. The maximum Gasteiger partial charge on any atom is 0.270 e. The van der Waals surface area contributed by atoms with Crippen molar-refractivity contribution in [2.75, 3.05) is 5.32 Å². The molecule has 0 aliphatic heterocycles. The summed E-state index contributed by atoms with van der Waals surface area (Å²) in [5.74, 6) is 1.00. The van der Waals surface area contributed by atoms with E-state index in [9.17, 15) is 4.79 Å². The molecule has 1 heterocycles. The molecule has 27 heavy (non-hydrogen) atoms. The van der Waals surface area contributed by atoms with E-state index in [0.29, 0.717) is 17.3 Å². The zero-order valence-corrected chi connectivity index (χ0v) is 15.3. The average molecular weight is 358 g/mol. The van der Waals surface area contributed by atoms with E-state index in [-0.39, 0.29) is 11.9 Å². The second kappa shape index (κ2) is 7.58. The Balaban J connectivity index is 1.72. The van der Waals surface area contributed by atoms with Gasteiger partial charge in [-0.1, -0.05) is 55.5 Å². The van der Waals surface area contributed by atoms with Crippen LogP contribution >= 0.6 is 0 Å². The highest BCUT2D eigenvalue weighted by Gasteiger charge is 2.25. The van der Waals surface area contributed by atoms with E-state index in [1.165, 1.54) is 5.56 Å². The van der Waals surface area contributed by atoms with Crippen molar-refractivity contribution < 1.29 is 4.79 Å². The first-order chi connectivity index (χ1) is 13.2. The van der Waals surface area contributed by atoms with Crippen molar-refractivity contribution in [2.45, 2.75) is 32.2 Å². The van der Waals surface area contributed by atoms with Crippen molar-refractivity contribution in [1.82, 2.24) is 15.3 Å². The summed E-state index contributed by atoms with van der Waals surface area (Å²) in [6, 6.07) is 19.8. The zero-order chi connectivity index (χ0) is 18.6. The van der Waals surface area contributed by atoms with Crippen LogP contribution in [0.3, 0.4) is 0 Å². The Kier molecular flexibility index (Phi) is 4.83. The van der Waals surface area contributed by atoms with Crippen LogP contribution in [0.25, 0.3) is 11.4 Å². The van der Waals surface area contributed by atoms with Gasteiger partial charge in [-0.2, -0.15) is 0 Å². The smallest absolute Gasteiger partial charge is 0.270 e. The molecule has 1 amide bonds. The van der Waals surface area contributed by atoms with Crippen LogP contribution in [0.15, 0.2) is 60.7 Å². The third kappa shape index (κ3) is 4.14. The minimum Gasteiger partial charge on any atom is -0.348 e. The standard InChI is InChI=1S/C22H22N4O/c1-2-15-8-6-7-11-18(15)24-20-14-19(22(27)23-17-12-13-17)25-21(26-20)16-9-4-3-5-10-16/h3-11,14,17H,2,12-13H2,1H3,(H,23,27)(H,24,25,26). The number of aryl methyl sites for hydroxylation is 1. The summed E-state index contributed by atoms with van der Waals surface area (Å²) in [4.78, 5) is 21.7. The number of amides is 1. The number of nitrogens with zero attached hydrogens (tertiary/aromatic N) is 2. The highest BCUT2D eigenvalue weighted by Crippen LogP contribution is 2.24. The first kappa shape index (κ1) is 17.2. The molecule has 0 radical (unpaired) electrons. The lowest BCUT2D eigenvalue weighted by molar-refractivity contribution is 0.0946. The van der Waals surface area contributed by atoms with Crippen LogP contribution in [0.2, 0.25) is 0 Å². The quantitative estimate of drug-likeness (QED) is 0.688. The number of benzene rings is 2. The lowest BCUT2D eigenvalue weighted by Gasteiger charge is -2.13. The summed E-state index contributed by atoms with van der Waals surface area (Å²) in [6.07, 6.45) is 2.99. The average Bonchev–Trinajstić information content (AvgIpc) is 3.53. The van der Waals surface area contributed by atoms with Gasteiger partial charge in [-0.3, -0.25) is 4.79 Å². The second-order valence-corrected chi connectivity index (χ2v) is 6.71. The van der Waals surface area contributed by atoms with Crippen molar-refractivity contribution in [2.24, 2.45) is 0 Å². The molecule has 4 rings (SSSR count). The van der Waals surface area contributed by atoms with Gasteiger partial charge in [0.25, 0.3) is 5.91 Å². The Morgan fingerprint density at radius 3 is 2.52 bits per heavy atom. The van der Waals surface area contributed by atoms with E-state index >= 15 is 0 Å². The molecule has 1 fully saturated rings. The molecule has 5 nitrogen and oxygen atoms in total. The maximum atomic E-state index is 12.6. The normalized spacial score (nSPS) is 13.2. The Bertz CT molecular complexity index is 952. The van der Waals surface area contributed by atoms with Gasteiger partial charge in [0.05, 0.1) is 0 Å². The number of anilines is 2. The molecule has 0 saturated heterocycles. The Morgan fingerprint density at radius 1 is 1.04 bits per heavy atom. The van der Waals surface area contributed by atoms with E-state index in [4.69, 9.17) is 0 Å². The van der Waals surface area contributed by atoms with Gasteiger partial charge in [-0.05, 0) is 30.9 Å². The van der Waals surface area contributed by atoms with E-state index in [2.05, 4.69) is 33.6 Å². The van der Waals surface area contributed by atoms with Crippen molar-refractivity contribution in [3.63, 3.8) is 0 Å². The topological polar surface area (TPSA) is 66.9 Å².